The highest BCUT2D eigenvalue weighted by Gasteiger charge is 2.33. The molecule has 0 radical (unpaired) electrons. The van der Waals surface area contributed by atoms with Crippen LogP contribution in [0.15, 0.2) is 83.8 Å². The first-order chi connectivity index (χ1) is 17.1. The maximum atomic E-state index is 13.8. The number of halogens is 1. The van der Waals surface area contributed by atoms with Crippen LogP contribution in [0.1, 0.15) is 25.0 Å². The number of hydrogen-bond acceptors (Lipinski definition) is 4. The van der Waals surface area contributed by atoms with Crippen molar-refractivity contribution in [1.29, 1.82) is 0 Å². The van der Waals surface area contributed by atoms with Crippen molar-refractivity contribution in [1.82, 2.24) is 10.2 Å². The molecule has 7 nitrogen and oxygen atoms in total. The highest BCUT2D eigenvalue weighted by atomic mass is 35.5. The largest absolute Gasteiger partial charge is 0.355 e. The Morgan fingerprint density at radius 2 is 1.58 bits per heavy atom. The van der Waals surface area contributed by atoms with Crippen molar-refractivity contribution < 1.29 is 18.0 Å². The molecule has 0 heterocycles. The standard InChI is InChI=1S/C27H30ClN3O4S/c1-4-29-27(33)21(3)30(18-22-11-7-5-8-12-22)26(32)19-31(25-17-23(28)16-15-20(25)2)36(34,35)24-13-9-6-10-14-24/h5-17,21H,4,18-19H2,1-3H3,(H,29,33)/t21-/m1/s1. The van der Waals surface area contributed by atoms with E-state index in [0.717, 1.165) is 9.87 Å². The molecule has 2 amide bonds. The van der Waals surface area contributed by atoms with E-state index in [9.17, 15) is 18.0 Å². The number of sulfonamides is 1. The van der Waals surface area contributed by atoms with E-state index >= 15 is 0 Å². The molecule has 3 rings (SSSR count). The van der Waals surface area contributed by atoms with Gasteiger partial charge in [0.25, 0.3) is 10.0 Å². The summed E-state index contributed by atoms with van der Waals surface area (Å²) < 4.78 is 28.6. The van der Waals surface area contributed by atoms with Gasteiger partial charge in [-0.05, 0) is 56.2 Å². The molecular weight excluding hydrogens is 498 g/mol. The Labute approximate surface area is 217 Å². The first kappa shape index (κ1) is 27.2. The van der Waals surface area contributed by atoms with Crippen LogP contribution < -0.4 is 9.62 Å². The highest BCUT2D eigenvalue weighted by Crippen LogP contribution is 2.30. The minimum atomic E-state index is -4.12. The number of nitrogens with zero attached hydrogens (tertiary/aromatic N) is 2. The first-order valence-electron chi connectivity index (χ1n) is 11.6. The second-order valence-corrected chi connectivity index (χ2v) is 10.6. The molecule has 0 fully saturated rings. The fourth-order valence-corrected chi connectivity index (χ4v) is 5.43. The molecule has 0 aliphatic carbocycles. The molecule has 0 aromatic heterocycles. The van der Waals surface area contributed by atoms with Gasteiger partial charge >= 0.3 is 0 Å². The Morgan fingerprint density at radius 3 is 2.19 bits per heavy atom. The molecule has 0 saturated carbocycles. The summed E-state index contributed by atoms with van der Waals surface area (Å²) in [5.41, 5.74) is 1.75. The van der Waals surface area contributed by atoms with E-state index in [-0.39, 0.29) is 17.3 Å². The fourth-order valence-electron chi connectivity index (χ4n) is 3.77. The molecular formula is C27H30ClN3O4S. The van der Waals surface area contributed by atoms with Gasteiger partial charge in [0.05, 0.1) is 10.6 Å². The number of hydrogen-bond donors (Lipinski definition) is 1. The zero-order chi connectivity index (χ0) is 26.3. The van der Waals surface area contributed by atoms with Crippen LogP contribution in [0.3, 0.4) is 0 Å². The second kappa shape index (κ2) is 12.1. The summed E-state index contributed by atoms with van der Waals surface area (Å²) in [6.07, 6.45) is 0. The maximum absolute atomic E-state index is 13.8. The lowest BCUT2D eigenvalue weighted by atomic mass is 10.1. The van der Waals surface area contributed by atoms with Crippen molar-refractivity contribution in [2.24, 2.45) is 0 Å². The van der Waals surface area contributed by atoms with E-state index in [4.69, 9.17) is 11.6 Å². The molecule has 1 N–H and O–H groups in total. The van der Waals surface area contributed by atoms with Crippen LogP contribution in [0, 0.1) is 6.92 Å². The van der Waals surface area contributed by atoms with Gasteiger partial charge in [0.15, 0.2) is 0 Å². The number of likely N-dealkylation sites (N-methyl/N-ethyl adjacent to an activating group) is 1. The maximum Gasteiger partial charge on any atom is 0.264 e. The minimum absolute atomic E-state index is 0.0450. The summed E-state index contributed by atoms with van der Waals surface area (Å²) in [5, 5.41) is 3.08. The molecule has 0 aliphatic heterocycles. The predicted molar refractivity (Wildman–Crippen MR) is 142 cm³/mol. The number of anilines is 1. The van der Waals surface area contributed by atoms with Crippen LogP contribution in [0.4, 0.5) is 5.69 Å². The predicted octanol–water partition coefficient (Wildman–Crippen LogP) is 4.40. The summed E-state index contributed by atoms with van der Waals surface area (Å²) in [6, 6.07) is 21.2. The zero-order valence-corrected chi connectivity index (χ0v) is 22.1. The average Bonchev–Trinajstić information content (AvgIpc) is 2.88. The zero-order valence-electron chi connectivity index (χ0n) is 20.5. The summed E-state index contributed by atoms with van der Waals surface area (Å²) in [4.78, 5) is 27.9. The highest BCUT2D eigenvalue weighted by molar-refractivity contribution is 7.92. The molecule has 3 aromatic carbocycles. The molecule has 0 aliphatic rings. The van der Waals surface area contributed by atoms with Gasteiger partial charge in [-0.3, -0.25) is 13.9 Å². The second-order valence-electron chi connectivity index (χ2n) is 8.33. The summed E-state index contributed by atoms with van der Waals surface area (Å²) in [7, 11) is -4.12. The van der Waals surface area contributed by atoms with Gasteiger partial charge in [0, 0.05) is 18.1 Å². The SMILES string of the molecule is CCNC(=O)[C@@H](C)N(Cc1ccccc1)C(=O)CN(c1cc(Cl)ccc1C)S(=O)(=O)c1ccccc1. The molecule has 0 unspecified atom stereocenters. The molecule has 0 bridgehead atoms. The quantitative estimate of drug-likeness (QED) is 0.423. The van der Waals surface area contributed by atoms with E-state index in [1.807, 2.05) is 30.3 Å². The van der Waals surface area contributed by atoms with Gasteiger partial charge in [-0.15, -0.1) is 0 Å². The third-order valence-corrected chi connectivity index (χ3v) is 7.77. The number of amides is 2. The molecule has 3 aromatic rings. The average molecular weight is 528 g/mol. The fraction of sp³-hybridized carbons (Fsp3) is 0.259. The van der Waals surface area contributed by atoms with E-state index < -0.39 is 28.5 Å². The molecule has 9 heteroatoms. The Kier molecular flexibility index (Phi) is 9.12. The Bertz CT molecular complexity index is 1300. The van der Waals surface area contributed by atoms with Crippen molar-refractivity contribution in [3.8, 4) is 0 Å². The summed E-state index contributed by atoms with van der Waals surface area (Å²) >= 11 is 6.22. The molecule has 1 atom stereocenters. The number of carbonyl (C=O) groups excluding carboxylic acids is 2. The molecule has 0 saturated heterocycles. The summed E-state index contributed by atoms with van der Waals surface area (Å²) in [5.74, 6) is -0.838. The Hall–Kier alpha value is -3.36. The van der Waals surface area contributed by atoms with E-state index in [1.54, 1.807) is 51.1 Å². The van der Waals surface area contributed by atoms with Crippen molar-refractivity contribution in [2.45, 2.75) is 38.3 Å². The van der Waals surface area contributed by atoms with Gasteiger partial charge in [0.2, 0.25) is 11.8 Å². The number of aryl methyl sites for hydroxylation is 1. The third-order valence-electron chi connectivity index (χ3n) is 5.76. The van der Waals surface area contributed by atoms with Crippen LogP contribution in [-0.4, -0.2) is 44.3 Å². The van der Waals surface area contributed by atoms with Gasteiger partial charge in [0.1, 0.15) is 12.6 Å². The van der Waals surface area contributed by atoms with Crippen molar-refractivity contribution in [3.63, 3.8) is 0 Å². The van der Waals surface area contributed by atoms with E-state index in [0.29, 0.717) is 22.8 Å². The van der Waals surface area contributed by atoms with Gasteiger partial charge in [-0.2, -0.15) is 0 Å². The normalized spacial score (nSPS) is 12.0. The van der Waals surface area contributed by atoms with Crippen molar-refractivity contribution in [3.05, 3.63) is 95.0 Å². The van der Waals surface area contributed by atoms with Gasteiger partial charge in [-0.25, -0.2) is 8.42 Å². The van der Waals surface area contributed by atoms with E-state index in [1.165, 1.54) is 23.1 Å². The van der Waals surface area contributed by atoms with Crippen LogP contribution in [0.2, 0.25) is 5.02 Å². The van der Waals surface area contributed by atoms with E-state index in [2.05, 4.69) is 5.32 Å². The number of carbonyl (C=O) groups is 2. The third kappa shape index (κ3) is 6.44. The smallest absolute Gasteiger partial charge is 0.264 e. The first-order valence-corrected chi connectivity index (χ1v) is 13.4. The lowest BCUT2D eigenvalue weighted by Crippen LogP contribution is -2.51. The Morgan fingerprint density at radius 1 is 0.972 bits per heavy atom. The lowest BCUT2D eigenvalue weighted by Gasteiger charge is -2.32. The Balaban J connectivity index is 2.05. The minimum Gasteiger partial charge on any atom is -0.355 e. The lowest BCUT2D eigenvalue weighted by molar-refractivity contribution is -0.139. The molecule has 0 spiro atoms. The topological polar surface area (TPSA) is 86.8 Å². The molecule has 190 valence electrons. The van der Waals surface area contributed by atoms with Crippen molar-refractivity contribution in [2.75, 3.05) is 17.4 Å². The number of benzene rings is 3. The van der Waals surface area contributed by atoms with Crippen LogP contribution in [-0.2, 0) is 26.2 Å². The van der Waals surface area contributed by atoms with Crippen LogP contribution >= 0.6 is 11.6 Å². The van der Waals surface area contributed by atoms with Gasteiger partial charge in [-0.1, -0.05) is 66.2 Å². The van der Waals surface area contributed by atoms with Crippen LogP contribution in [0.5, 0.6) is 0 Å². The van der Waals surface area contributed by atoms with Gasteiger partial charge < -0.3 is 10.2 Å². The van der Waals surface area contributed by atoms with Crippen LogP contribution in [0.25, 0.3) is 0 Å². The summed E-state index contributed by atoms with van der Waals surface area (Å²) in [6.45, 7) is 5.23. The monoisotopic (exact) mass is 527 g/mol. The number of rotatable bonds is 10. The number of nitrogens with one attached hydrogen (secondary N) is 1. The molecule has 36 heavy (non-hydrogen) atoms. The van der Waals surface area contributed by atoms with Crippen molar-refractivity contribution >= 4 is 39.1 Å².